The van der Waals surface area contributed by atoms with Crippen LogP contribution in [-0.4, -0.2) is 42.4 Å². The van der Waals surface area contributed by atoms with Gasteiger partial charge in [-0.2, -0.15) is 11.8 Å². The van der Waals surface area contributed by atoms with Crippen molar-refractivity contribution in [3.63, 3.8) is 0 Å². The van der Waals surface area contributed by atoms with Crippen LogP contribution in [0.25, 0.3) is 0 Å². The minimum atomic E-state index is -0.0386. The largest absolute Gasteiger partial charge is 0.397 e. The quantitative estimate of drug-likeness (QED) is 0.773. The van der Waals surface area contributed by atoms with E-state index in [1.54, 1.807) is 23.9 Å². The lowest BCUT2D eigenvalue weighted by Gasteiger charge is -2.23. The lowest BCUT2D eigenvalue weighted by molar-refractivity contribution is -0.117. The number of anilines is 2. The maximum absolute atomic E-state index is 11.9. The molecule has 1 amide bonds. The molecule has 0 aliphatic heterocycles. The highest BCUT2D eigenvalue weighted by Crippen LogP contribution is 2.16. The van der Waals surface area contributed by atoms with Crippen LogP contribution in [0.4, 0.5) is 11.4 Å². The number of carbonyl (C=O) groups is 1. The van der Waals surface area contributed by atoms with E-state index >= 15 is 0 Å². The van der Waals surface area contributed by atoms with Gasteiger partial charge in [0.1, 0.15) is 0 Å². The summed E-state index contributed by atoms with van der Waals surface area (Å²) in [6.45, 7) is 2.48. The number of likely N-dealkylation sites (N-methyl/N-ethyl adjacent to an activating group) is 1. The Balaban J connectivity index is 2.49. The first-order chi connectivity index (χ1) is 8.54. The van der Waals surface area contributed by atoms with Crippen LogP contribution in [0.15, 0.2) is 24.3 Å². The summed E-state index contributed by atoms with van der Waals surface area (Å²) in [6.07, 6.45) is 2.06. The Hall–Kier alpha value is -1.20. The van der Waals surface area contributed by atoms with Gasteiger partial charge in [0.25, 0.3) is 0 Å². The standard InChI is InChI=1S/C13H21N3OS/c1-10(9-18-3)16(2)8-13(17)15-12-7-5-4-6-11(12)14/h4-7,10H,8-9,14H2,1-3H3,(H,15,17). The Morgan fingerprint density at radius 1 is 1.50 bits per heavy atom. The Morgan fingerprint density at radius 3 is 2.78 bits per heavy atom. The molecule has 0 saturated carbocycles. The molecule has 1 atom stereocenters. The average Bonchev–Trinajstić information content (AvgIpc) is 2.32. The van der Waals surface area contributed by atoms with Crippen molar-refractivity contribution in [3.8, 4) is 0 Å². The number of rotatable bonds is 6. The maximum Gasteiger partial charge on any atom is 0.238 e. The van der Waals surface area contributed by atoms with E-state index < -0.39 is 0 Å². The van der Waals surface area contributed by atoms with Crippen molar-refractivity contribution < 1.29 is 4.79 Å². The number of hydrogen-bond donors (Lipinski definition) is 2. The second-order valence-electron chi connectivity index (χ2n) is 4.35. The van der Waals surface area contributed by atoms with Crippen LogP contribution in [0.2, 0.25) is 0 Å². The summed E-state index contributed by atoms with van der Waals surface area (Å²) in [5, 5.41) is 2.83. The molecule has 0 radical (unpaired) electrons. The second kappa shape index (κ2) is 7.28. The van der Waals surface area contributed by atoms with Gasteiger partial charge in [-0.25, -0.2) is 0 Å². The number of nitrogen functional groups attached to an aromatic ring is 1. The molecule has 100 valence electrons. The molecule has 0 saturated heterocycles. The molecule has 0 aromatic heterocycles. The fourth-order valence-corrected chi connectivity index (χ4v) is 2.29. The van der Waals surface area contributed by atoms with E-state index in [9.17, 15) is 4.79 Å². The number of nitrogens with one attached hydrogen (secondary N) is 1. The molecule has 1 rings (SSSR count). The van der Waals surface area contributed by atoms with Gasteiger partial charge in [-0.3, -0.25) is 9.69 Å². The van der Waals surface area contributed by atoms with E-state index in [4.69, 9.17) is 5.73 Å². The molecular formula is C13H21N3OS. The van der Waals surface area contributed by atoms with Crippen LogP contribution in [0.3, 0.4) is 0 Å². The van der Waals surface area contributed by atoms with Gasteiger partial charge in [-0.05, 0) is 32.4 Å². The minimum Gasteiger partial charge on any atom is -0.397 e. The van der Waals surface area contributed by atoms with Crippen LogP contribution in [-0.2, 0) is 4.79 Å². The van der Waals surface area contributed by atoms with E-state index in [1.807, 2.05) is 24.1 Å². The smallest absolute Gasteiger partial charge is 0.238 e. The number of benzene rings is 1. The first-order valence-electron chi connectivity index (χ1n) is 5.88. The van der Waals surface area contributed by atoms with Gasteiger partial charge in [0.2, 0.25) is 5.91 Å². The summed E-state index contributed by atoms with van der Waals surface area (Å²) in [6, 6.07) is 7.65. The number of thioether (sulfide) groups is 1. The third kappa shape index (κ3) is 4.58. The zero-order valence-corrected chi connectivity index (χ0v) is 12.0. The Bertz CT molecular complexity index is 398. The highest BCUT2D eigenvalue weighted by molar-refractivity contribution is 7.98. The number of nitrogens with zero attached hydrogens (tertiary/aromatic N) is 1. The lowest BCUT2D eigenvalue weighted by Crippen LogP contribution is -2.37. The van der Waals surface area contributed by atoms with Crippen molar-refractivity contribution in [1.29, 1.82) is 0 Å². The molecule has 0 heterocycles. The van der Waals surface area contributed by atoms with Crippen molar-refractivity contribution >= 4 is 29.0 Å². The number of para-hydroxylation sites is 2. The van der Waals surface area contributed by atoms with E-state index in [-0.39, 0.29) is 5.91 Å². The van der Waals surface area contributed by atoms with Crippen molar-refractivity contribution in [2.45, 2.75) is 13.0 Å². The zero-order chi connectivity index (χ0) is 13.5. The molecule has 0 fully saturated rings. The molecule has 1 aromatic carbocycles. The molecule has 0 spiro atoms. The predicted octanol–water partition coefficient (Wildman–Crippen LogP) is 1.89. The van der Waals surface area contributed by atoms with Gasteiger partial charge in [0.05, 0.1) is 17.9 Å². The molecule has 0 aliphatic carbocycles. The van der Waals surface area contributed by atoms with Crippen LogP contribution in [0, 0.1) is 0 Å². The Morgan fingerprint density at radius 2 is 2.17 bits per heavy atom. The predicted molar refractivity (Wildman–Crippen MR) is 80.0 cm³/mol. The van der Waals surface area contributed by atoms with Crippen molar-refractivity contribution in [3.05, 3.63) is 24.3 Å². The molecule has 3 N–H and O–H groups in total. The van der Waals surface area contributed by atoms with Crippen molar-refractivity contribution in [1.82, 2.24) is 4.90 Å². The third-order valence-electron chi connectivity index (χ3n) is 2.79. The fraction of sp³-hybridized carbons (Fsp3) is 0.462. The first kappa shape index (κ1) is 14.9. The van der Waals surface area contributed by atoms with E-state index in [1.165, 1.54) is 0 Å². The van der Waals surface area contributed by atoms with Gasteiger partial charge in [-0.15, -0.1) is 0 Å². The highest BCUT2D eigenvalue weighted by Gasteiger charge is 2.13. The lowest BCUT2D eigenvalue weighted by atomic mass is 10.2. The zero-order valence-electron chi connectivity index (χ0n) is 11.1. The topological polar surface area (TPSA) is 58.4 Å². The fourth-order valence-electron chi connectivity index (χ4n) is 1.55. The Labute approximate surface area is 113 Å². The number of carbonyl (C=O) groups excluding carboxylic acids is 1. The minimum absolute atomic E-state index is 0.0386. The normalized spacial score (nSPS) is 12.4. The number of hydrogen-bond acceptors (Lipinski definition) is 4. The summed E-state index contributed by atoms with van der Waals surface area (Å²) < 4.78 is 0. The van der Waals surface area contributed by atoms with Gasteiger partial charge >= 0.3 is 0 Å². The van der Waals surface area contributed by atoms with Crippen LogP contribution < -0.4 is 11.1 Å². The molecule has 0 aliphatic rings. The summed E-state index contributed by atoms with van der Waals surface area (Å²) >= 11 is 1.78. The van der Waals surface area contributed by atoms with Crippen LogP contribution in [0.1, 0.15) is 6.92 Å². The first-order valence-corrected chi connectivity index (χ1v) is 7.27. The summed E-state index contributed by atoms with van der Waals surface area (Å²) in [4.78, 5) is 13.9. The SMILES string of the molecule is CSCC(C)N(C)CC(=O)Nc1ccccc1N. The van der Waals surface area contributed by atoms with E-state index in [0.29, 0.717) is 24.0 Å². The van der Waals surface area contributed by atoms with Gasteiger partial charge in [0, 0.05) is 11.8 Å². The highest BCUT2D eigenvalue weighted by atomic mass is 32.2. The molecule has 5 heteroatoms. The van der Waals surface area contributed by atoms with E-state index in [2.05, 4.69) is 18.5 Å². The van der Waals surface area contributed by atoms with Gasteiger partial charge in [-0.1, -0.05) is 12.1 Å². The number of amides is 1. The summed E-state index contributed by atoms with van der Waals surface area (Å²) in [7, 11) is 1.95. The monoisotopic (exact) mass is 267 g/mol. The molecule has 1 aromatic rings. The Kier molecular flexibility index (Phi) is 6.01. The molecule has 1 unspecified atom stereocenters. The molecule has 18 heavy (non-hydrogen) atoms. The van der Waals surface area contributed by atoms with E-state index in [0.717, 1.165) is 5.75 Å². The van der Waals surface area contributed by atoms with Gasteiger partial charge in [0.15, 0.2) is 0 Å². The number of nitrogens with two attached hydrogens (primary N) is 1. The average molecular weight is 267 g/mol. The third-order valence-corrected chi connectivity index (χ3v) is 3.60. The summed E-state index contributed by atoms with van der Waals surface area (Å²) in [5.41, 5.74) is 7.04. The van der Waals surface area contributed by atoms with Crippen molar-refractivity contribution in [2.24, 2.45) is 0 Å². The van der Waals surface area contributed by atoms with Crippen LogP contribution in [0.5, 0.6) is 0 Å². The molecular weight excluding hydrogens is 246 g/mol. The van der Waals surface area contributed by atoms with Crippen LogP contribution >= 0.6 is 11.8 Å². The second-order valence-corrected chi connectivity index (χ2v) is 5.27. The van der Waals surface area contributed by atoms with Gasteiger partial charge < -0.3 is 11.1 Å². The molecule has 0 bridgehead atoms. The maximum atomic E-state index is 11.9. The summed E-state index contributed by atoms with van der Waals surface area (Å²) in [5.74, 6) is 0.973. The van der Waals surface area contributed by atoms with Crippen molar-refractivity contribution in [2.75, 3.05) is 36.7 Å². The molecule has 4 nitrogen and oxygen atoms in total.